The Kier molecular flexibility index (Phi) is 5.18. The first-order valence-corrected chi connectivity index (χ1v) is 7.20. The summed E-state index contributed by atoms with van der Waals surface area (Å²) in [7, 11) is 1.70. The fraction of sp³-hybridized carbons (Fsp3) is 0.438. The quantitative estimate of drug-likeness (QED) is 0.788. The van der Waals surface area contributed by atoms with Crippen LogP contribution >= 0.6 is 0 Å². The summed E-state index contributed by atoms with van der Waals surface area (Å²) in [4.78, 5) is 0. The summed E-state index contributed by atoms with van der Waals surface area (Å²) in [5.74, 6) is 0.893. The molecular weight excluding hydrogens is 250 g/mol. The van der Waals surface area contributed by atoms with Gasteiger partial charge in [0.2, 0.25) is 0 Å². The molecule has 0 aliphatic rings. The minimum atomic E-state index is 0.843. The highest BCUT2D eigenvalue weighted by Gasteiger charge is 2.10. The Hall–Kier alpha value is -1.81. The summed E-state index contributed by atoms with van der Waals surface area (Å²) in [5, 5.41) is 7.81. The molecule has 108 valence electrons. The van der Waals surface area contributed by atoms with E-state index in [1.807, 2.05) is 16.9 Å². The zero-order valence-corrected chi connectivity index (χ0v) is 12.5. The van der Waals surface area contributed by atoms with E-state index in [4.69, 9.17) is 4.74 Å². The molecule has 0 atom stereocenters. The molecule has 2 rings (SSSR count). The van der Waals surface area contributed by atoms with Gasteiger partial charge in [-0.25, -0.2) is 0 Å². The lowest BCUT2D eigenvalue weighted by Gasteiger charge is -2.13. The predicted molar refractivity (Wildman–Crippen MR) is 81.9 cm³/mol. The average Bonchev–Trinajstić information content (AvgIpc) is 2.95. The third-order valence-corrected chi connectivity index (χ3v) is 3.35. The van der Waals surface area contributed by atoms with E-state index >= 15 is 0 Å². The third kappa shape index (κ3) is 3.20. The summed E-state index contributed by atoms with van der Waals surface area (Å²) in [6.07, 6.45) is 2.98. The van der Waals surface area contributed by atoms with Crippen molar-refractivity contribution >= 4 is 0 Å². The normalized spacial score (nSPS) is 10.8. The molecule has 4 nitrogen and oxygen atoms in total. The van der Waals surface area contributed by atoms with E-state index in [1.54, 1.807) is 7.11 Å². The van der Waals surface area contributed by atoms with E-state index in [9.17, 15) is 0 Å². The van der Waals surface area contributed by atoms with Crippen LogP contribution in [0.3, 0.4) is 0 Å². The van der Waals surface area contributed by atoms with Crippen molar-refractivity contribution in [1.29, 1.82) is 0 Å². The van der Waals surface area contributed by atoms with Crippen LogP contribution in [0.25, 0.3) is 11.3 Å². The molecular formula is C16H23N3O. The van der Waals surface area contributed by atoms with Crippen molar-refractivity contribution in [2.75, 3.05) is 13.7 Å². The molecule has 0 saturated carbocycles. The number of aryl methyl sites for hydroxylation is 1. The maximum Gasteiger partial charge on any atom is 0.119 e. The Morgan fingerprint density at radius 1 is 1.25 bits per heavy atom. The fourth-order valence-corrected chi connectivity index (χ4v) is 2.31. The summed E-state index contributed by atoms with van der Waals surface area (Å²) in [6, 6.07) is 8.29. The van der Waals surface area contributed by atoms with Crippen molar-refractivity contribution in [2.45, 2.75) is 33.4 Å². The topological polar surface area (TPSA) is 39.1 Å². The van der Waals surface area contributed by atoms with Crippen LogP contribution in [0.1, 0.15) is 25.8 Å². The lowest BCUT2D eigenvalue weighted by Crippen LogP contribution is -2.15. The number of nitrogens with zero attached hydrogens (tertiary/aromatic N) is 2. The van der Waals surface area contributed by atoms with Gasteiger partial charge in [0.15, 0.2) is 0 Å². The summed E-state index contributed by atoms with van der Waals surface area (Å²) >= 11 is 0. The zero-order chi connectivity index (χ0) is 14.4. The molecule has 0 saturated heterocycles. The highest BCUT2D eigenvalue weighted by Crippen LogP contribution is 2.27. The lowest BCUT2D eigenvalue weighted by atomic mass is 10.0. The first-order chi connectivity index (χ1) is 9.80. The number of benzene rings is 1. The van der Waals surface area contributed by atoms with Gasteiger partial charge in [-0.15, -0.1) is 0 Å². The number of rotatable bonds is 7. The van der Waals surface area contributed by atoms with Crippen molar-refractivity contribution < 1.29 is 4.74 Å². The summed E-state index contributed by atoms with van der Waals surface area (Å²) < 4.78 is 7.36. The van der Waals surface area contributed by atoms with Crippen molar-refractivity contribution in [3.63, 3.8) is 0 Å². The molecule has 0 aliphatic heterocycles. The number of methoxy groups -OCH3 is 1. The smallest absolute Gasteiger partial charge is 0.119 e. The number of aromatic nitrogens is 2. The number of nitrogens with one attached hydrogen (secondary N) is 1. The van der Waals surface area contributed by atoms with Gasteiger partial charge >= 0.3 is 0 Å². The summed E-state index contributed by atoms with van der Waals surface area (Å²) in [6.45, 7) is 7.01. The van der Waals surface area contributed by atoms with Crippen LogP contribution in [0.2, 0.25) is 0 Å². The Balaban J connectivity index is 2.35. The number of hydrogen-bond acceptors (Lipinski definition) is 3. The highest BCUT2D eigenvalue weighted by molar-refractivity contribution is 5.65. The summed E-state index contributed by atoms with van der Waals surface area (Å²) in [5.41, 5.74) is 3.62. The van der Waals surface area contributed by atoms with Gasteiger partial charge < -0.3 is 10.1 Å². The van der Waals surface area contributed by atoms with E-state index in [1.165, 1.54) is 11.1 Å². The molecule has 0 aliphatic carbocycles. The van der Waals surface area contributed by atoms with E-state index in [-0.39, 0.29) is 0 Å². The van der Waals surface area contributed by atoms with Crippen molar-refractivity contribution in [1.82, 2.24) is 15.1 Å². The van der Waals surface area contributed by atoms with Gasteiger partial charge in [-0.2, -0.15) is 5.10 Å². The molecule has 1 heterocycles. The minimum Gasteiger partial charge on any atom is -0.497 e. The van der Waals surface area contributed by atoms with Gasteiger partial charge in [0.1, 0.15) is 5.75 Å². The van der Waals surface area contributed by atoms with Crippen LogP contribution in [-0.4, -0.2) is 23.4 Å². The molecule has 0 fully saturated rings. The second-order valence-corrected chi connectivity index (χ2v) is 4.73. The molecule has 20 heavy (non-hydrogen) atoms. The third-order valence-electron chi connectivity index (χ3n) is 3.35. The SMILES string of the molecule is CCCNCc1cc(OC)ccc1-c1ccnn1CC. The first-order valence-electron chi connectivity index (χ1n) is 7.20. The van der Waals surface area contributed by atoms with E-state index in [2.05, 4.69) is 42.5 Å². The van der Waals surface area contributed by atoms with Crippen LogP contribution in [0, 0.1) is 0 Å². The molecule has 1 aromatic heterocycles. The first kappa shape index (κ1) is 14.6. The van der Waals surface area contributed by atoms with E-state index in [0.29, 0.717) is 0 Å². The van der Waals surface area contributed by atoms with E-state index in [0.717, 1.165) is 37.5 Å². The van der Waals surface area contributed by atoms with Gasteiger partial charge in [-0.3, -0.25) is 4.68 Å². The van der Waals surface area contributed by atoms with Crippen molar-refractivity contribution in [3.8, 4) is 17.0 Å². The molecule has 1 aromatic carbocycles. The Morgan fingerprint density at radius 2 is 2.10 bits per heavy atom. The molecule has 0 radical (unpaired) electrons. The van der Waals surface area contributed by atoms with Crippen LogP contribution in [-0.2, 0) is 13.1 Å². The van der Waals surface area contributed by atoms with Crippen LogP contribution in [0.4, 0.5) is 0 Å². The average molecular weight is 273 g/mol. The second-order valence-electron chi connectivity index (χ2n) is 4.73. The lowest BCUT2D eigenvalue weighted by molar-refractivity contribution is 0.414. The Labute approximate surface area is 120 Å². The maximum absolute atomic E-state index is 5.34. The molecule has 2 aromatic rings. The van der Waals surface area contributed by atoms with Gasteiger partial charge in [-0.1, -0.05) is 6.92 Å². The van der Waals surface area contributed by atoms with Crippen LogP contribution in [0.15, 0.2) is 30.5 Å². The largest absolute Gasteiger partial charge is 0.497 e. The zero-order valence-electron chi connectivity index (χ0n) is 12.5. The van der Waals surface area contributed by atoms with Crippen molar-refractivity contribution in [2.24, 2.45) is 0 Å². The molecule has 4 heteroatoms. The van der Waals surface area contributed by atoms with Crippen LogP contribution < -0.4 is 10.1 Å². The van der Waals surface area contributed by atoms with Crippen LogP contribution in [0.5, 0.6) is 5.75 Å². The standard InChI is InChI=1S/C16H23N3O/c1-4-9-17-12-13-11-14(20-3)6-7-15(13)16-8-10-18-19(16)5-2/h6-8,10-11,17H,4-5,9,12H2,1-3H3. The second kappa shape index (κ2) is 7.10. The number of hydrogen-bond donors (Lipinski definition) is 1. The van der Waals surface area contributed by atoms with Gasteiger partial charge in [-0.05, 0) is 49.7 Å². The highest BCUT2D eigenvalue weighted by atomic mass is 16.5. The van der Waals surface area contributed by atoms with Crippen molar-refractivity contribution in [3.05, 3.63) is 36.0 Å². The van der Waals surface area contributed by atoms with Gasteiger partial charge in [0.25, 0.3) is 0 Å². The van der Waals surface area contributed by atoms with Gasteiger partial charge in [0.05, 0.1) is 12.8 Å². The van der Waals surface area contributed by atoms with E-state index < -0.39 is 0 Å². The Bertz CT molecular complexity index is 548. The monoisotopic (exact) mass is 273 g/mol. The molecule has 0 amide bonds. The minimum absolute atomic E-state index is 0.843. The molecule has 0 bridgehead atoms. The number of ether oxygens (including phenoxy) is 1. The molecule has 0 spiro atoms. The molecule has 0 unspecified atom stereocenters. The molecule has 1 N–H and O–H groups in total. The van der Waals surface area contributed by atoms with Gasteiger partial charge in [0, 0.05) is 24.8 Å². The Morgan fingerprint density at radius 3 is 2.80 bits per heavy atom. The fourth-order valence-electron chi connectivity index (χ4n) is 2.31. The predicted octanol–water partition coefficient (Wildman–Crippen LogP) is 3.08. The maximum atomic E-state index is 5.34.